The van der Waals surface area contributed by atoms with Crippen molar-refractivity contribution in [2.45, 2.75) is 77.5 Å². The Bertz CT molecular complexity index is 1170. The molecule has 2 rings (SSSR count). The minimum atomic E-state index is -1.01. The number of hydrogen-bond donors (Lipinski definition) is 3. The maximum absolute atomic E-state index is 14.1. The van der Waals surface area contributed by atoms with Gasteiger partial charge in [-0.1, -0.05) is 50.7 Å². The molecule has 222 valence electrons. The number of amides is 3. The zero-order valence-corrected chi connectivity index (χ0v) is 25.6. The number of anilines is 1. The van der Waals surface area contributed by atoms with Gasteiger partial charge in [0.15, 0.2) is 0 Å². The Kier molecular flexibility index (Phi) is 13.6. The number of thiol groups is 1. The van der Waals surface area contributed by atoms with Crippen LogP contribution in [0.2, 0.25) is 0 Å². The summed E-state index contributed by atoms with van der Waals surface area (Å²) in [6, 6.07) is 11.9. The molecule has 41 heavy (non-hydrogen) atoms. The number of benzene rings is 2. The van der Waals surface area contributed by atoms with Crippen LogP contribution >= 0.6 is 12.6 Å². The summed E-state index contributed by atoms with van der Waals surface area (Å²) < 4.78 is 10.6. The van der Waals surface area contributed by atoms with Crippen LogP contribution < -0.4 is 15.4 Å². The number of carbonyl (C=O) groups excluding carboxylic acids is 3. The molecular formula is C32H43N3O5S. The maximum Gasteiger partial charge on any atom is 0.408 e. The molecule has 0 spiro atoms. The van der Waals surface area contributed by atoms with Crippen LogP contribution in [0.3, 0.4) is 0 Å². The van der Waals surface area contributed by atoms with Crippen molar-refractivity contribution < 1.29 is 23.9 Å². The van der Waals surface area contributed by atoms with Gasteiger partial charge >= 0.3 is 6.09 Å². The molecule has 0 aliphatic rings. The van der Waals surface area contributed by atoms with Gasteiger partial charge in [-0.25, -0.2) is 4.79 Å². The molecule has 2 unspecified atom stereocenters. The minimum absolute atomic E-state index is 0.0211. The molecule has 0 saturated heterocycles. The van der Waals surface area contributed by atoms with E-state index in [4.69, 9.17) is 15.9 Å². The summed E-state index contributed by atoms with van der Waals surface area (Å²) in [5.74, 6) is 2.42. The second-order valence-corrected chi connectivity index (χ2v) is 11.1. The summed E-state index contributed by atoms with van der Waals surface area (Å²) in [5.41, 5.74) is 1.05. The van der Waals surface area contributed by atoms with Crippen molar-refractivity contribution in [3.05, 3.63) is 59.7 Å². The number of nitrogens with zero attached hydrogens (tertiary/aromatic N) is 1. The molecule has 2 aromatic rings. The summed E-state index contributed by atoms with van der Waals surface area (Å²) in [5, 5.41) is 5.57. The molecule has 0 radical (unpaired) electrons. The topological polar surface area (TPSA) is 97.0 Å². The van der Waals surface area contributed by atoms with Crippen molar-refractivity contribution in [3.8, 4) is 18.1 Å². The van der Waals surface area contributed by atoms with Gasteiger partial charge in [-0.2, -0.15) is 12.6 Å². The Balaban J connectivity index is 2.47. The molecule has 0 bridgehead atoms. The van der Waals surface area contributed by atoms with E-state index in [2.05, 4.69) is 36.1 Å². The Morgan fingerprint density at radius 2 is 1.63 bits per heavy atom. The minimum Gasteiger partial charge on any atom is -0.497 e. The van der Waals surface area contributed by atoms with Gasteiger partial charge in [0.25, 0.3) is 5.91 Å². The first-order valence-corrected chi connectivity index (χ1v) is 14.6. The molecule has 9 heteroatoms. The fourth-order valence-electron chi connectivity index (χ4n) is 4.21. The average molecular weight is 582 g/mol. The van der Waals surface area contributed by atoms with Crippen molar-refractivity contribution in [2.24, 2.45) is 0 Å². The number of unbranched alkanes of at least 4 members (excludes halogenated alkanes) is 4. The first kappa shape index (κ1) is 33.6. The zero-order chi connectivity index (χ0) is 30.4. The standard InChI is InChI=1S/C32H43N3O5S/c1-7-9-10-11-12-21-35(30(37)27(22-41)34-31(38)40-32(3,4)5)28(24-15-13-23(8-2)14-16-24)29(36)33-25-17-19-26(39-6)20-18-25/h2,13-20,27-28,41H,7,9-12,21-22H2,1,3-6H3,(H,33,36)(H,34,38). The highest BCUT2D eigenvalue weighted by Gasteiger charge is 2.35. The van der Waals surface area contributed by atoms with Crippen molar-refractivity contribution in [3.63, 3.8) is 0 Å². The van der Waals surface area contributed by atoms with Crippen LogP contribution in [0.5, 0.6) is 5.75 Å². The van der Waals surface area contributed by atoms with Gasteiger partial charge in [0.1, 0.15) is 23.4 Å². The molecule has 0 heterocycles. The van der Waals surface area contributed by atoms with E-state index in [1.54, 1.807) is 76.4 Å². The first-order valence-electron chi connectivity index (χ1n) is 13.9. The van der Waals surface area contributed by atoms with Crippen LogP contribution in [0.4, 0.5) is 10.5 Å². The van der Waals surface area contributed by atoms with Crippen LogP contribution in [0.15, 0.2) is 48.5 Å². The molecule has 3 amide bonds. The molecule has 0 aliphatic carbocycles. The molecule has 8 nitrogen and oxygen atoms in total. The summed E-state index contributed by atoms with van der Waals surface area (Å²) in [7, 11) is 1.57. The number of terminal acetylenes is 1. The normalized spacial score (nSPS) is 12.4. The largest absolute Gasteiger partial charge is 0.497 e. The molecule has 0 aromatic heterocycles. The highest BCUT2D eigenvalue weighted by atomic mass is 32.1. The lowest BCUT2D eigenvalue weighted by molar-refractivity contribution is -0.140. The van der Waals surface area contributed by atoms with E-state index in [1.165, 1.54) is 4.90 Å². The van der Waals surface area contributed by atoms with Crippen LogP contribution in [0, 0.1) is 12.3 Å². The summed E-state index contributed by atoms with van der Waals surface area (Å²) in [4.78, 5) is 42.1. The third kappa shape index (κ3) is 11.0. The molecule has 2 atom stereocenters. The SMILES string of the molecule is C#Cc1ccc(C(C(=O)Nc2ccc(OC)cc2)N(CCCCCCC)C(=O)C(CS)NC(=O)OC(C)(C)C)cc1. The smallest absolute Gasteiger partial charge is 0.408 e. The Hall–Kier alpha value is -3.64. The van der Waals surface area contributed by atoms with Gasteiger partial charge in [-0.3, -0.25) is 9.59 Å². The highest BCUT2D eigenvalue weighted by Crippen LogP contribution is 2.26. The van der Waals surface area contributed by atoms with E-state index in [0.717, 1.165) is 25.7 Å². The number of carbonyl (C=O) groups is 3. The quantitative estimate of drug-likeness (QED) is 0.145. The van der Waals surface area contributed by atoms with Gasteiger partial charge in [-0.05, 0) is 69.2 Å². The second-order valence-electron chi connectivity index (χ2n) is 10.7. The lowest BCUT2D eigenvalue weighted by Gasteiger charge is -2.34. The monoisotopic (exact) mass is 581 g/mol. The van der Waals surface area contributed by atoms with Crippen molar-refractivity contribution in [1.29, 1.82) is 0 Å². The van der Waals surface area contributed by atoms with E-state index in [9.17, 15) is 14.4 Å². The number of methoxy groups -OCH3 is 1. The molecule has 2 N–H and O–H groups in total. The fourth-order valence-corrected chi connectivity index (χ4v) is 4.45. The lowest BCUT2D eigenvalue weighted by atomic mass is 10.0. The van der Waals surface area contributed by atoms with Gasteiger partial charge in [0.2, 0.25) is 5.91 Å². The Labute approximate surface area is 250 Å². The van der Waals surface area contributed by atoms with Crippen LogP contribution in [0.1, 0.15) is 77.0 Å². The predicted octanol–water partition coefficient (Wildman–Crippen LogP) is 5.98. The number of ether oxygens (including phenoxy) is 2. The van der Waals surface area contributed by atoms with Crippen molar-refractivity contribution in [1.82, 2.24) is 10.2 Å². The third-order valence-corrected chi connectivity index (χ3v) is 6.63. The van der Waals surface area contributed by atoms with Gasteiger partial charge in [0.05, 0.1) is 7.11 Å². The van der Waals surface area contributed by atoms with Gasteiger partial charge in [-0.15, -0.1) is 6.42 Å². The average Bonchev–Trinajstić information content (AvgIpc) is 2.94. The van der Waals surface area contributed by atoms with E-state index in [1.807, 2.05) is 0 Å². The molecule has 2 aromatic carbocycles. The third-order valence-electron chi connectivity index (χ3n) is 6.27. The number of nitrogens with one attached hydrogen (secondary N) is 2. The number of rotatable bonds is 14. The van der Waals surface area contributed by atoms with Crippen LogP contribution in [-0.2, 0) is 14.3 Å². The highest BCUT2D eigenvalue weighted by molar-refractivity contribution is 7.80. The van der Waals surface area contributed by atoms with E-state index in [0.29, 0.717) is 35.5 Å². The van der Waals surface area contributed by atoms with Crippen LogP contribution in [-0.4, -0.2) is 53.9 Å². The van der Waals surface area contributed by atoms with E-state index in [-0.39, 0.29) is 5.75 Å². The van der Waals surface area contributed by atoms with Crippen LogP contribution in [0.25, 0.3) is 0 Å². The molecular weight excluding hydrogens is 538 g/mol. The summed E-state index contributed by atoms with van der Waals surface area (Å²) >= 11 is 4.35. The molecule has 0 aliphatic heterocycles. The molecule has 0 fully saturated rings. The van der Waals surface area contributed by atoms with Crippen molar-refractivity contribution in [2.75, 3.05) is 24.7 Å². The Morgan fingerprint density at radius 3 is 2.17 bits per heavy atom. The predicted molar refractivity (Wildman–Crippen MR) is 166 cm³/mol. The Morgan fingerprint density at radius 1 is 1.00 bits per heavy atom. The van der Waals surface area contributed by atoms with Crippen molar-refractivity contribution >= 4 is 36.2 Å². The van der Waals surface area contributed by atoms with E-state index >= 15 is 0 Å². The fraction of sp³-hybridized carbons (Fsp3) is 0.469. The number of alkyl carbamates (subject to hydrolysis) is 1. The number of hydrogen-bond acceptors (Lipinski definition) is 6. The van der Waals surface area contributed by atoms with Gasteiger partial charge in [0, 0.05) is 23.5 Å². The summed E-state index contributed by atoms with van der Waals surface area (Å²) in [6.45, 7) is 7.67. The van der Waals surface area contributed by atoms with E-state index < -0.39 is 35.6 Å². The van der Waals surface area contributed by atoms with Gasteiger partial charge < -0.3 is 25.0 Å². The second kappa shape index (κ2) is 16.6. The maximum atomic E-state index is 14.1. The molecule has 0 saturated carbocycles. The zero-order valence-electron chi connectivity index (χ0n) is 24.7. The lowest BCUT2D eigenvalue weighted by Crippen LogP contribution is -2.53. The first-order chi connectivity index (χ1) is 19.5. The summed E-state index contributed by atoms with van der Waals surface area (Å²) in [6.07, 6.45) is 9.59.